The van der Waals surface area contributed by atoms with Gasteiger partial charge in [0.1, 0.15) is 5.76 Å². The number of rotatable bonds is 7. The van der Waals surface area contributed by atoms with Gasteiger partial charge in [-0.25, -0.2) is 8.42 Å². The van der Waals surface area contributed by atoms with E-state index in [0.717, 1.165) is 19.3 Å². The molecule has 1 saturated carbocycles. The zero-order chi connectivity index (χ0) is 13.2. The Hall–Kier alpha value is -0.520. The maximum atomic E-state index is 12.4. The highest BCUT2D eigenvalue weighted by molar-refractivity contribution is 7.89. The lowest BCUT2D eigenvalue weighted by molar-refractivity contribution is 0.362. The van der Waals surface area contributed by atoms with Crippen molar-refractivity contribution in [2.75, 3.05) is 13.1 Å². The highest BCUT2D eigenvalue weighted by Crippen LogP contribution is 2.32. The molecule has 0 bridgehead atoms. The van der Waals surface area contributed by atoms with E-state index in [0.29, 0.717) is 24.8 Å². The molecule has 0 aliphatic heterocycles. The van der Waals surface area contributed by atoms with E-state index in [4.69, 9.17) is 16.0 Å². The van der Waals surface area contributed by atoms with Crippen molar-refractivity contribution in [2.45, 2.75) is 37.2 Å². The fourth-order valence-corrected chi connectivity index (χ4v) is 3.52. The molecule has 1 aromatic heterocycles. The molecule has 0 saturated heterocycles. The minimum absolute atomic E-state index is 0.00671. The molecular formula is C12H18ClNO3S. The van der Waals surface area contributed by atoms with Crippen LogP contribution >= 0.6 is 11.6 Å². The van der Waals surface area contributed by atoms with Gasteiger partial charge in [0.25, 0.3) is 10.0 Å². The van der Waals surface area contributed by atoms with Gasteiger partial charge >= 0.3 is 0 Å². The van der Waals surface area contributed by atoms with Gasteiger partial charge in [0.2, 0.25) is 5.09 Å². The number of halogens is 1. The summed E-state index contributed by atoms with van der Waals surface area (Å²) in [5.74, 6) is 1.19. The summed E-state index contributed by atoms with van der Waals surface area (Å²) in [6.07, 6.45) is 3.05. The summed E-state index contributed by atoms with van der Waals surface area (Å²) >= 11 is 5.62. The summed E-state index contributed by atoms with van der Waals surface area (Å²) in [6, 6.07) is 3.10. The standard InChI is InChI=1S/C12H18ClNO3S/c1-2-7-14(9-10-3-4-10)18(15,16)12-6-5-11(8-13)17-12/h5-6,10H,2-4,7-9H2,1H3. The van der Waals surface area contributed by atoms with Crippen LogP contribution in [0.4, 0.5) is 0 Å². The van der Waals surface area contributed by atoms with E-state index in [1.165, 1.54) is 10.4 Å². The van der Waals surface area contributed by atoms with Crippen LogP contribution in [-0.2, 0) is 15.9 Å². The number of furan rings is 1. The molecule has 102 valence electrons. The molecule has 1 aromatic rings. The fourth-order valence-electron chi connectivity index (χ4n) is 1.84. The maximum Gasteiger partial charge on any atom is 0.276 e. The van der Waals surface area contributed by atoms with Gasteiger partial charge in [-0.1, -0.05) is 6.92 Å². The van der Waals surface area contributed by atoms with Crippen LogP contribution in [-0.4, -0.2) is 25.8 Å². The lowest BCUT2D eigenvalue weighted by atomic mass is 10.4. The summed E-state index contributed by atoms with van der Waals surface area (Å²) in [5.41, 5.74) is 0. The molecule has 0 amide bonds. The average molecular weight is 292 g/mol. The quantitative estimate of drug-likeness (QED) is 0.726. The van der Waals surface area contributed by atoms with Gasteiger partial charge in [-0.2, -0.15) is 4.31 Å². The van der Waals surface area contributed by atoms with Crippen molar-refractivity contribution in [1.82, 2.24) is 4.31 Å². The summed E-state index contributed by atoms with van der Waals surface area (Å²) < 4.78 is 31.6. The van der Waals surface area contributed by atoms with E-state index >= 15 is 0 Å². The van der Waals surface area contributed by atoms with E-state index in [9.17, 15) is 8.42 Å². The molecular weight excluding hydrogens is 274 g/mol. The van der Waals surface area contributed by atoms with E-state index in [1.54, 1.807) is 6.07 Å². The molecule has 6 heteroatoms. The molecule has 18 heavy (non-hydrogen) atoms. The first-order chi connectivity index (χ1) is 8.57. The number of alkyl halides is 1. The molecule has 1 heterocycles. The highest BCUT2D eigenvalue weighted by atomic mass is 35.5. The second-order valence-electron chi connectivity index (χ2n) is 4.66. The fraction of sp³-hybridized carbons (Fsp3) is 0.667. The predicted octanol–water partition coefficient (Wildman–Crippen LogP) is 2.83. The first kappa shape index (κ1) is 13.9. The van der Waals surface area contributed by atoms with Crippen LogP contribution in [0.2, 0.25) is 0 Å². The largest absolute Gasteiger partial charge is 0.447 e. The third-order valence-corrected chi connectivity index (χ3v) is 5.00. The molecule has 4 nitrogen and oxygen atoms in total. The molecule has 1 aliphatic carbocycles. The van der Waals surface area contributed by atoms with Gasteiger partial charge in [0.05, 0.1) is 5.88 Å². The third-order valence-electron chi connectivity index (χ3n) is 2.99. The number of hydrogen-bond acceptors (Lipinski definition) is 3. The Kier molecular flexibility index (Phi) is 4.35. The number of sulfonamides is 1. The van der Waals surface area contributed by atoms with Crippen LogP contribution in [0.25, 0.3) is 0 Å². The molecule has 0 spiro atoms. The van der Waals surface area contributed by atoms with Crippen LogP contribution in [0.15, 0.2) is 21.6 Å². The smallest absolute Gasteiger partial charge is 0.276 e. The molecule has 1 fully saturated rings. The Morgan fingerprint density at radius 2 is 2.17 bits per heavy atom. The zero-order valence-corrected chi connectivity index (χ0v) is 12.0. The van der Waals surface area contributed by atoms with E-state index in [1.807, 2.05) is 6.92 Å². The second-order valence-corrected chi connectivity index (χ2v) is 6.80. The normalized spacial score (nSPS) is 16.4. The van der Waals surface area contributed by atoms with Crippen molar-refractivity contribution in [1.29, 1.82) is 0 Å². The SMILES string of the molecule is CCCN(CC1CC1)S(=O)(=O)c1ccc(CCl)o1. The van der Waals surface area contributed by atoms with Crippen molar-refractivity contribution >= 4 is 21.6 Å². The summed E-state index contributed by atoms with van der Waals surface area (Å²) in [7, 11) is -3.50. The highest BCUT2D eigenvalue weighted by Gasteiger charge is 2.32. The van der Waals surface area contributed by atoms with E-state index in [-0.39, 0.29) is 11.0 Å². The molecule has 0 radical (unpaired) electrons. The lowest BCUT2D eigenvalue weighted by Gasteiger charge is -2.19. The van der Waals surface area contributed by atoms with Crippen molar-refractivity contribution in [3.63, 3.8) is 0 Å². The number of hydrogen-bond donors (Lipinski definition) is 0. The van der Waals surface area contributed by atoms with Crippen LogP contribution in [0.3, 0.4) is 0 Å². The molecule has 0 atom stereocenters. The number of nitrogens with zero attached hydrogens (tertiary/aromatic N) is 1. The minimum Gasteiger partial charge on any atom is -0.447 e. The van der Waals surface area contributed by atoms with Crippen LogP contribution in [0.1, 0.15) is 31.9 Å². The van der Waals surface area contributed by atoms with Gasteiger partial charge in [-0.3, -0.25) is 0 Å². The Morgan fingerprint density at radius 3 is 2.67 bits per heavy atom. The first-order valence-corrected chi connectivity index (χ1v) is 8.20. The lowest BCUT2D eigenvalue weighted by Crippen LogP contribution is -2.33. The van der Waals surface area contributed by atoms with Crippen molar-refractivity contribution in [3.8, 4) is 0 Å². The zero-order valence-electron chi connectivity index (χ0n) is 10.4. The van der Waals surface area contributed by atoms with Gasteiger partial charge in [-0.15, -0.1) is 11.6 Å². The molecule has 1 aliphatic rings. The van der Waals surface area contributed by atoms with Crippen LogP contribution in [0, 0.1) is 5.92 Å². The van der Waals surface area contributed by atoms with Gasteiger partial charge in [0, 0.05) is 13.1 Å². The van der Waals surface area contributed by atoms with Crippen LogP contribution in [0.5, 0.6) is 0 Å². The second kappa shape index (κ2) is 5.63. The van der Waals surface area contributed by atoms with Gasteiger partial charge in [0.15, 0.2) is 0 Å². The van der Waals surface area contributed by atoms with Crippen molar-refractivity contribution in [3.05, 3.63) is 17.9 Å². The Labute approximate surface area is 113 Å². The maximum absolute atomic E-state index is 12.4. The van der Waals surface area contributed by atoms with E-state index < -0.39 is 10.0 Å². The topological polar surface area (TPSA) is 50.5 Å². The van der Waals surface area contributed by atoms with E-state index in [2.05, 4.69) is 0 Å². The van der Waals surface area contributed by atoms with Gasteiger partial charge in [-0.05, 0) is 37.3 Å². The monoisotopic (exact) mass is 291 g/mol. The first-order valence-electron chi connectivity index (χ1n) is 6.22. The van der Waals surface area contributed by atoms with Gasteiger partial charge < -0.3 is 4.42 Å². The predicted molar refractivity (Wildman–Crippen MR) is 70.0 cm³/mol. The average Bonchev–Trinajstić information content (AvgIpc) is 3.02. The summed E-state index contributed by atoms with van der Waals surface area (Å²) in [4.78, 5) is 0. The molecule has 2 rings (SSSR count). The summed E-state index contributed by atoms with van der Waals surface area (Å²) in [6.45, 7) is 3.12. The Bertz CT molecular complexity index is 493. The molecule has 0 aromatic carbocycles. The van der Waals surface area contributed by atoms with Crippen molar-refractivity contribution in [2.24, 2.45) is 5.92 Å². The Morgan fingerprint density at radius 1 is 1.44 bits per heavy atom. The molecule has 0 unspecified atom stereocenters. The minimum atomic E-state index is -3.50. The van der Waals surface area contributed by atoms with Crippen LogP contribution < -0.4 is 0 Å². The molecule has 0 N–H and O–H groups in total. The summed E-state index contributed by atoms with van der Waals surface area (Å²) in [5, 5.41) is 0.00671. The Balaban J connectivity index is 2.19. The van der Waals surface area contributed by atoms with Crippen molar-refractivity contribution < 1.29 is 12.8 Å². The third kappa shape index (κ3) is 3.08.